The first-order chi connectivity index (χ1) is 6.32. The fourth-order valence-electron chi connectivity index (χ4n) is 1.38. The summed E-state index contributed by atoms with van der Waals surface area (Å²) in [5, 5.41) is 0. The van der Waals surface area contributed by atoms with Crippen LogP contribution in [0.5, 0.6) is 0 Å². The average Bonchev–Trinajstić information content (AvgIpc) is 2.07. The molecular weight excluding hydrogens is 175 g/mol. The van der Waals surface area contributed by atoms with Crippen molar-refractivity contribution in [3.05, 3.63) is 35.1 Å². The number of halogens is 1. The number of aryl methyl sites for hydroxylation is 1. The van der Waals surface area contributed by atoms with Crippen LogP contribution >= 0.6 is 0 Å². The number of rotatable bonds is 1. The van der Waals surface area contributed by atoms with Crippen molar-refractivity contribution in [3.63, 3.8) is 0 Å². The van der Waals surface area contributed by atoms with Crippen LogP contribution in [0.3, 0.4) is 0 Å². The summed E-state index contributed by atoms with van der Waals surface area (Å²) in [6.45, 7) is 10.5. The summed E-state index contributed by atoms with van der Waals surface area (Å²) in [5.74, 6) is 0.274. The van der Waals surface area contributed by atoms with Crippen LogP contribution in [0.2, 0.25) is 0 Å². The fourth-order valence-corrected chi connectivity index (χ4v) is 1.38. The predicted molar refractivity (Wildman–Crippen MR) is 59.0 cm³/mol. The highest BCUT2D eigenvalue weighted by molar-refractivity contribution is 5.26. The Kier molecular flexibility index (Phi) is 2.98. The van der Waals surface area contributed by atoms with Crippen LogP contribution in [0.4, 0.5) is 4.39 Å². The van der Waals surface area contributed by atoms with E-state index in [4.69, 9.17) is 0 Å². The Morgan fingerprint density at radius 1 is 1.21 bits per heavy atom. The van der Waals surface area contributed by atoms with Crippen LogP contribution in [0.1, 0.15) is 44.7 Å². The van der Waals surface area contributed by atoms with Crippen LogP contribution in [0, 0.1) is 18.2 Å². The molecule has 0 unspecified atom stereocenters. The Morgan fingerprint density at radius 2 is 1.79 bits per heavy atom. The van der Waals surface area contributed by atoms with E-state index in [2.05, 4.69) is 27.7 Å². The second-order valence-electron chi connectivity index (χ2n) is 5.10. The van der Waals surface area contributed by atoms with E-state index in [9.17, 15) is 4.39 Å². The molecule has 0 saturated carbocycles. The normalized spacial score (nSPS) is 14.1. The first kappa shape index (κ1) is 11.2. The van der Waals surface area contributed by atoms with E-state index in [0.717, 1.165) is 11.1 Å². The molecule has 0 nitrogen and oxygen atoms in total. The van der Waals surface area contributed by atoms with Crippen LogP contribution < -0.4 is 0 Å². The molecule has 1 atom stereocenters. The summed E-state index contributed by atoms with van der Waals surface area (Å²) in [7, 11) is 0. The lowest BCUT2D eigenvalue weighted by Crippen LogP contribution is -2.15. The minimum absolute atomic E-state index is 0.0985. The van der Waals surface area contributed by atoms with Crippen molar-refractivity contribution < 1.29 is 4.39 Å². The van der Waals surface area contributed by atoms with Gasteiger partial charge in [0.25, 0.3) is 0 Å². The van der Waals surface area contributed by atoms with Gasteiger partial charge in [-0.3, -0.25) is 0 Å². The van der Waals surface area contributed by atoms with Crippen molar-refractivity contribution in [2.45, 2.75) is 40.5 Å². The van der Waals surface area contributed by atoms with Crippen LogP contribution in [-0.2, 0) is 0 Å². The van der Waals surface area contributed by atoms with Gasteiger partial charge in [-0.1, -0.05) is 39.8 Å². The summed E-state index contributed by atoms with van der Waals surface area (Å²) < 4.78 is 13.3. The van der Waals surface area contributed by atoms with Gasteiger partial charge in [0.2, 0.25) is 0 Å². The summed E-state index contributed by atoms with van der Waals surface area (Å²) >= 11 is 0. The third-order valence-electron chi connectivity index (χ3n) is 2.99. The summed E-state index contributed by atoms with van der Waals surface area (Å²) in [6.07, 6.45) is 0. The van der Waals surface area contributed by atoms with Gasteiger partial charge in [-0.05, 0) is 35.4 Å². The third-order valence-corrected chi connectivity index (χ3v) is 2.99. The quantitative estimate of drug-likeness (QED) is 0.625. The fraction of sp³-hybridized carbons (Fsp3) is 0.538. The van der Waals surface area contributed by atoms with E-state index in [1.54, 1.807) is 13.0 Å². The van der Waals surface area contributed by atoms with Gasteiger partial charge in [-0.25, -0.2) is 4.39 Å². The molecule has 78 valence electrons. The molecule has 0 bridgehead atoms. The Hall–Kier alpha value is -0.850. The molecule has 0 aliphatic carbocycles. The van der Waals surface area contributed by atoms with E-state index >= 15 is 0 Å². The molecule has 0 amide bonds. The Morgan fingerprint density at radius 3 is 2.21 bits per heavy atom. The zero-order chi connectivity index (χ0) is 10.9. The molecule has 0 radical (unpaired) electrons. The minimum atomic E-state index is -0.0985. The smallest absolute Gasteiger partial charge is 0.126 e. The van der Waals surface area contributed by atoms with Gasteiger partial charge < -0.3 is 0 Å². The highest BCUT2D eigenvalue weighted by Crippen LogP contribution is 2.34. The molecule has 1 heteroatoms. The molecule has 0 aromatic heterocycles. The number of hydrogen-bond donors (Lipinski definition) is 0. The maximum absolute atomic E-state index is 13.3. The van der Waals surface area contributed by atoms with Crippen molar-refractivity contribution >= 4 is 0 Å². The highest BCUT2D eigenvalue weighted by atomic mass is 19.1. The van der Waals surface area contributed by atoms with E-state index in [1.165, 1.54) is 0 Å². The summed E-state index contributed by atoms with van der Waals surface area (Å²) in [4.78, 5) is 0. The molecule has 0 N–H and O–H groups in total. The zero-order valence-electron chi connectivity index (χ0n) is 9.69. The maximum Gasteiger partial charge on any atom is 0.126 e. The molecule has 1 rings (SSSR count). The van der Waals surface area contributed by atoms with Crippen molar-refractivity contribution in [2.24, 2.45) is 5.41 Å². The van der Waals surface area contributed by atoms with Gasteiger partial charge in [0.15, 0.2) is 0 Å². The first-order valence-electron chi connectivity index (χ1n) is 5.08. The van der Waals surface area contributed by atoms with E-state index in [-0.39, 0.29) is 11.2 Å². The molecule has 1 aromatic carbocycles. The van der Waals surface area contributed by atoms with Gasteiger partial charge in [-0.2, -0.15) is 0 Å². The topological polar surface area (TPSA) is 0 Å². The maximum atomic E-state index is 13.3. The monoisotopic (exact) mass is 194 g/mol. The number of benzene rings is 1. The van der Waals surface area contributed by atoms with E-state index in [0.29, 0.717) is 5.92 Å². The second-order valence-corrected chi connectivity index (χ2v) is 5.10. The zero-order valence-corrected chi connectivity index (χ0v) is 9.69. The lowest BCUT2D eigenvalue weighted by molar-refractivity contribution is 0.339. The Balaban J connectivity index is 3.03. The second kappa shape index (κ2) is 3.72. The molecule has 0 fully saturated rings. The molecule has 14 heavy (non-hydrogen) atoms. The molecule has 0 aliphatic rings. The summed E-state index contributed by atoms with van der Waals surface area (Å²) in [6, 6.07) is 5.53. The highest BCUT2D eigenvalue weighted by Gasteiger charge is 2.21. The Bertz CT molecular complexity index is 320. The first-order valence-corrected chi connectivity index (χ1v) is 5.08. The Labute approximate surface area is 86.2 Å². The van der Waals surface area contributed by atoms with Crippen molar-refractivity contribution in [2.75, 3.05) is 0 Å². The van der Waals surface area contributed by atoms with Gasteiger partial charge in [0, 0.05) is 0 Å². The van der Waals surface area contributed by atoms with Gasteiger partial charge in [0.1, 0.15) is 5.82 Å². The van der Waals surface area contributed by atoms with Gasteiger partial charge in [-0.15, -0.1) is 0 Å². The molecule has 0 spiro atoms. The van der Waals surface area contributed by atoms with Gasteiger partial charge in [0.05, 0.1) is 0 Å². The van der Waals surface area contributed by atoms with Gasteiger partial charge >= 0.3 is 0 Å². The lowest BCUT2D eigenvalue weighted by Gasteiger charge is -2.27. The minimum Gasteiger partial charge on any atom is -0.207 e. The predicted octanol–water partition coefficient (Wildman–Crippen LogP) is 4.28. The van der Waals surface area contributed by atoms with Crippen molar-refractivity contribution in [1.29, 1.82) is 0 Å². The van der Waals surface area contributed by atoms with Crippen molar-refractivity contribution in [3.8, 4) is 0 Å². The number of hydrogen-bond acceptors (Lipinski definition) is 0. The lowest BCUT2D eigenvalue weighted by atomic mass is 9.78. The van der Waals surface area contributed by atoms with E-state index in [1.807, 2.05) is 12.1 Å². The van der Waals surface area contributed by atoms with Crippen molar-refractivity contribution in [1.82, 2.24) is 0 Å². The van der Waals surface area contributed by atoms with Crippen LogP contribution in [-0.4, -0.2) is 0 Å². The molecule has 0 saturated heterocycles. The molecular formula is C13H19F. The van der Waals surface area contributed by atoms with Crippen LogP contribution in [0.15, 0.2) is 18.2 Å². The molecule has 1 aromatic rings. The third kappa shape index (κ3) is 2.34. The SMILES string of the molecule is Cc1ccc([C@H](C)C(C)(C)C)cc1F. The van der Waals surface area contributed by atoms with E-state index < -0.39 is 0 Å². The summed E-state index contributed by atoms with van der Waals surface area (Å²) in [5.41, 5.74) is 1.98. The average molecular weight is 194 g/mol. The molecule has 0 aliphatic heterocycles. The standard InChI is InChI=1S/C13H19F/c1-9-6-7-11(8-12(9)14)10(2)13(3,4)5/h6-8,10H,1-5H3/t10-/m0/s1. The molecule has 0 heterocycles. The largest absolute Gasteiger partial charge is 0.207 e. The van der Waals surface area contributed by atoms with Crippen LogP contribution in [0.25, 0.3) is 0 Å².